The largest absolute Gasteiger partial charge is 0.494 e. The molecule has 0 aromatic heterocycles. The second-order valence-electron chi connectivity index (χ2n) is 5.21. The minimum absolute atomic E-state index is 0.240. The van der Waals surface area contributed by atoms with Gasteiger partial charge in [-0.05, 0) is 31.0 Å². The van der Waals surface area contributed by atoms with E-state index in [0.29, 0.717) is 0 Å². The molecule has 1 heterocycles. The number of rotatable bonds is 4. The van der Waals surface area contributed by atoms with Crippen LogP contribution in [0.15, 0.2) is 12.1 Å². The van der Waals surface area contributed by atoms with Crippen LogP contribution in [0.4, 0.5) is 5.69 Å². The number of benzene rings is 1. The van der Waals surface area contributed by atoms with Crippen molar-refractivity contribution >= 4 is 5.69 Å². The number of morpholine rings is 1. The molecule has 1 aromatic rings. The van der Waals surface area contributed by atoms with Crippen molar-refractivity contribution in [3.05, 3.63) is 23.3 Å². The minimum atomic E-state index is 0.240. The van der Waals surface area contributed by atoms with Gasteiger partial charge in [0.05, 0.1) is 25.5 Å². The Morgan fingerprint density at radius 1 is 1.42 bits per heavy atom. The second kappa shape index (κ2) is 6.26. The van der Waals surface area contributed by atoms with Gasteiger partial charge in [0.25, 0.3) is 0 Å². The molecule has 1 saturated heterocycles. The maximum absolute atomic E-state index is 5.76. The lowest BCUT2D eigenvalue weighted by Crippen LogP contribution is -2.44. The van der Waals surface area contributed by atoms with Gasteiger partial charge in [0.1, 0.15) is 5.75 Å². The van der Waals surface area contributed by atoms with Gasteiger partial charge in [0, 0.05) is 26.7 Å². The number of ether oxygens (including phenoxy) is 2. The molecule has 1 aliphatic rings. The van der Waals surface area contributed by atoms with Crippen molar-refractivity contribution in [1.29, 1.82) is 0 Å². The van der Waals surface area contributed by atoms with Gasteiger partial charge in [-0.25, -0.2) is 0 Å². The lowest BCUT2D eigenvalue weighted by Gasteiger charge is -2.30. The zero-order valence-electron chi connectivity index (χ0n) is 12.3. The third-order valence-corrected chi connectivity index (χ3v) is 3.50. The summed E-state index contributed by atoms with van der Waals surface area (Å²) in [6, 6.07) is 4.32. The van der Waals surface area contributed by atoms with Crippen molar-refractivity contribution in [1.82, 2.24) is 5.32 Å². The molecule has 106 valence electrons. The molecule has 1 unspecified atom stereocenters. The summed E-state index contributed by atoms with van der Waals surface area (Å²) < 4.78 is 11.3. The van der Waals surface area contributed by atoms with Gasteiger partial charge in [-0.2, -0.15) is 0 Å². The van der Waals surface area contributed by atoms with Crippen LogP contribution in [0.5, 0.6) is 5.75 Å². The molecule has 0 amide bonds. The van der Waals surface area contributed by atoms with Gasteiger partial charge >= 0.3 is 0 Å². The van der Waals surface area contributed by atoms with Crippen LogP contribution in [-0.2, 0) is 4.74 Å². The van der Waals surface area contributed by atoms with Crippen LogP contribution in [0.3, 0.4) is 0 Å². The van der Waals surface area contributed by atoms with Gasteiger partial charge in [0.2, 0.25) is 0 Å². The summed E-state index contributed by atoms with van der Waals surface area (Å²) in [7, 11) is 3.82. The van der Waals surface area contributed by atoms with E-state index in [1.165, 1.54) is 11.1 Å². The van der Waals surface area contributed by atoms with E-state index in [2.05, 4.69) is 43.2 Å². The molecule has 0 saturated carbocycles. The predicted molar refractivity (Wildman–Crippen MR) is 78.3 cm³/mol. The SMILES string of the molecule is COc1c(C)cc(C)cc1N(C)CC1CNCCO1. The van der Waals surface area contributed by atoms with E-state index < -0.39 is 0 Å². The number of nitrogens with one attached hydrogen (secondary N) is 1. The van der Waals surface area contributed by atoms with Gasteiger partial charge in [0.15, 0.2) is 0 Å². The molecule has 1 N–H and O–H groups in total. The first kappa shape index (κ1) is 14.2. The highest BCUT2D eigenvalue weighted by Gasteiger charge is 2.18. The molecule has 0 radical (unpaired) electrons. The van der Waals surface area contributed by atoms with Crippen LogP contribution in [0.25, 0.3) is 0 Å². The number of methoxy groups -OCH3 is 1. The summed E-state index contributed by atoms with van der Waals surface area (Å²) in [6.07, 6.45) is 0.240. The smallest absolute Gasteiger partial charge is 0.145 e. The van der Waals surface area contributed by atoms with Crippen molar-refractivity contribution in [3.8, 4) is 5.75 Å². The van der Waals surface area contributed by atoms with Gasteiger partial charge in [-0.3, -0.25) is 0 Å². The predicted octanol–water partition coefficient (Wildman–Crippen LogP) is 1.74. The first-order chi connectivity index (χ1) is 9.11. The maximum atomic E-state index is 5.76. The minimum Gasteiger partial charge on any atom is -0.494 e. The van der Waals surface area contributed by atoms with Gasteiger partial charge < -0.3 is 19.7 Å². The molecule has 0 bridgehead atoms. The molecule has 1 fully saturated rings. The molecule has 1 aromatic carbocycles. The van der Waals surface area contributed by atoms with Crippen LogP contribution in [0, 0.1) is 13.8 Å². The standard InChI is InChI=1S/C15H24N2O2/c1-11-7-12(2)15(18-4)14(8-11)17(3)10-13-9-16-5-6-19-13/h7-8,13,16H,5-6,9-10H2,1-4H3. The lowest BCUT2D eigenvalue weighted by atomic mass is 10.1. The number of hydrogen-bond donors (Lipinski definition) is 1. The molecular weight excluding hydrogens is 240 g/mol. The molecule has 4 nitrogen and oxygen atoms in total. The van der Waals surface area contributed by atoms with Gasteiger partial charge in [-0.1, -0.05) is 6.07 Å². The highest BCUT2D eigenvalue weighted by molar-refractivity contribution is 5.63. The summed E-state index contributed by atoms with van der Waals surface area (Å²) in [6.45, 7) is 7.73. The van der Waals surface area contributed by atoms with E-state index >= 15 is 0 Å². The average molecular weight is 264 g/mol. The Morgan fingerprint density at radius 3 is 2.84 bits per heavy atom. The number of aryl methyl sites for hydroxylation is 2. The maximum Gasteiger partial charge on any atom is 0.145 e. The number of nitrogens with zero attached hydrogens (tertiary/aromatic N) is 1. The zero-order valence-corrected chi connectivity index (χ0v) is 12.3. The van der Waals surface area contributed by atoms with Crippen LogP contribution >= 0.6 is 0 Å². The molecular formula is C15H24N2O2. The van der Waals surface area contributed by atoms with Crippen LogP contribution in [0.1, 0.15) is 11.1 Å². The zero-order chi connectivity index (χ0) is 13.8. The fourth-order valence-corrected chi connectivity index (χ4v) is 2.62. The van der Waals surface area contributed by atoms with Crippen LogP contribution in [0.2, 0.25) is 0 Å². The third-order valence-electron chi connectivity index (χ3n) is 3.50. The fourth-order valence-electron chi connectivity index (χ4n) is 2.62. The molecule has 1 atom stereocenters. The molecule has 19 heavy (non-hydrogen) atoms. The monoisotopic (exact) mass is 264 g/mol. The second-order valence-corrected chi connectivity index (χ2v) is 5.21. The van der Waals surface area contributed by atoms with Gasteiger partial charge in [-0.15, -0.1) is 0 Å². The van der Waals surface area contributed by atoms with Crippen LogP contribution in [-0.4, -0.2) is 46.5 Å². The summed E-state index contributed by atoms with van der Waals surface area (Å²) in [5.41, 5.74) is 3.56. The molecule has 2 rings (SSSR count). The molecule has 1 aliphatic heterocycles. The first-order valence-corrected chi connectivity index (χ1v) is 6.80. The van der Waals surface area contributed by atoms with Crippen molar-refractivity contribution in [2.75, 3.05) is 45.3 Å². The first-order valence-electron chi connectivity index (χ1n) is 6.80. The Balaban J connectivity index is 2.15. The summed E-state index contributed by atoms with van der Waals surface area (Å²) in [4.78, 5) is 2.22. The quantitative estimate of drug-likeness (QED) is 0.898. The Hall–Kier alpha value is -1.26. The van der Waals surface area contributed by atoms with E-state index in [1.54, 1.807) is 7.11 Å². The third kappa shape index (κ3) is 3.39. The van der Waals surface area contributed by atoms with E-state index in [4.69, 9.17) is 9.47 Å². The van der Waals surface area contributed by atoms with Crippen LogP contribution < -0.4 is 15.0 Å². The Kier molecular flexibility index (Phi) is 4.66. The summed E-state index contributed by atoms with van der Waals surface area (Å²) >= 11 is 0. The average Bonchev–Trinajstić information content (AvgIpc) is 2.39. The fraction of sp³-hybridized carbons (Fsp3) is 0.600. The highest BCUT2D eigenvalue weighted by atomic mass is 16.5. The number of anilines is 1. The molecule has 0 aliphatic carbocycles. The van der Waals surface area contributed by atoms with E-state index in [0.717, 1.165) is 37.7 Å². The molecule has 4 heteroatoms. The van der Waals surface area contributed by atoms with Crippen molar-refractivity contribution < 1.29 is 9.47 Å². The van der Waals surface area contributed by atoms with E-state index in [9.17, 15) is 0 Å². The highest BCUT2D eigenvalue weighted by Crippen LogP contribution is 2.32. The van der Waals surface area contributed by atoms with Crippen molar-refractivity contribution in [2.45, 2.75) is 20.0 Å². The normalized spacial score (nSPS) is 19.3. The molecule has 0 spiro atoms. The van der Waals surface area contributed by atoms with Crippen molar-refractivity contribution in [3.63, 3.8) is 0 Å². The Labute approximate surface area is 115 Å². The number of likely N-dealkylation sites (N-methyl/N-ethyl adjacent to an activating group) is 1. The summed E-state index contributed by atoms with van der Waals surface area (Å²) in [5.74, 6) is 0.955. The van der Waals surface area contributed by atoms with Crippen molar-refractivity contribution in [2.24, 2.45) is 0 Å². The lowest BCUT2D eigenvalue weighted by molar-refractivity contribution is 0.0339. The number of hydrogen-bond acceptors (Lipinski definition) is 4. The Bertz CT molecular complexity index is 428. The Morgan fingerprint density at radius 2 is 2.21 bits per heavy atom. The van der Waals surface area contributed by atoms with E-state index in [-0.39, 0.29) is 6.10 Å². The topological polar surface area (TPSA) is 33.7 Å². The van der Waals surface area contributed by atoms with E-state index in [1.807, 2.05) is 0 Å². The summed E-state index contributed by atoms with van der Waals surface area (Å²) in [5, 5.41) is 3.36.